The maximum absolute atomic E-state index is 10.8. The number of piperidine rings is 1. The lowest BCUT2D eigenvalue weighted by Crippen LogP contribution is -2.34. The molecule has 106 valence electrons. The highest BCUT2D eigenvalue weighted by molar-refractivity contribution is 5.85. The molecule has 0 radical (unpaired) electrons. The predicted molar refractivity (Wildman–Crippen MR) is 80.3 cm³/mol. The van der Waals surface area contributed by atoms with Crippen molar-refractivity contribution in [3.8, 4) is 0 Å². The normalized spacial score (nSPS) is 19.7. The molecule has 0 aliphatic carbocycles. The summed E-state index contributed by atoms with van der Waals surface area (Å²) >= 11 is 0. The summed E-state index contributed by atoms with van der Waals surface area (Å²) in [6, 6.07) is 11.2. The van der Waals surface area contributed by atoms with Crippen LogP contribution in [0.5, 0.6) is 0 Å². The second kappa shape index (κ2) is 8.18. The van der Waals surface area contributed by atoms with Gasteiger partial charge >= 0.3 is 0 Å². The third kappa shape index (κ3) is 4.84. The van der Waals surface area contributed by atoms with E-state index in [1.807, 2.05) is 0 Å². The predicted octanol–water partition coefficient (Wildman–Crippen LogP) is 2.90. The molecule has 4 heteroatoms. The van der Waals surface area contributed by atoms with E-state index in [1.165, 1.54) is 24.8 Å². The first-order valence-corrected chi connectivity index (χ1v) is 6.84. The number of halogens is 1. The third-order valence-corrected chi connectivity index (χ3v) is 3.67. The van der Waals surface area contributed by atoms with E-state index in [-0.39, 0.29) is 18.3 Å². The monoisotopic (exact) mass is 282 g/mol. The maximum atomic E-state index is 10.8. The van der Waals surface area contributed by atoms with E-state index in [1.54, 1.807) is 0 Å². The van der Waals surface area contributed by atoms with Crippen molar-refractivity contribution in [2.45, 2.75) is 38.1 Å². The third-order valence-electron chi connectivity index (χ3n) is 3.67. The molecule has 1 unspecified atom stereocenters. The Balaban J connectivity index is 0.00000180. The van der Waals surface area contributed by atoms with Crippen LogP contribution in [0.2, 0.25) is 0 Å². The second-order valence-electron chi connectivity index (χ2n) is 5.03. The van der Waals surface area contributed by atoms with Crippen LogP contribution >= 0.6 is 12.4 Å². The molecule has 2 N–H and O–H groups in total. The average molecular weight is 283 g/mol. The van der Waals surface area contributed by atoms with Crippen molar-refractivity contribution in [1.29, 1.82) is 0 Å². The molecule has 1 atom stereocenters. The first-order chi connectivity index (χ1) is 8.77. The number of benzene rings is 1. The highest BCUT2D eigenvalue weighted by Gasteiger charge is 2.23. The van der Waals surface area contributed by atoms with Gasteiger partial charge in [0.1, 0.15) is 0 Å². The van der Waals surface area contributed by atoms with Crippen LogP contribution in [-0.2, 0) is 4.79 Å². The Bertz CT molecular complexity index is 383. The molecule has 0 spiro atoms. The minimum atomic E-state index is -0.191. The quantitative estimate of drug-likeness (QED) is 0.903. The van der Waals surface area contributed by atoms with Crippen LogP contribution in [0.3, 0.4) is 0 Å². The molecule has 1 aliphatic rings. The standard InChI is InChI=1S/C15H22N2O.ClH/c16-15(18)10-6-12-17-11-5-4-9-14(17)13-7-2-1-3-8-13;/h1-3,7-8,14H,4-6,9-12H2,(H2,16,18);1H. The molecule has 1 fully saturated rings. The van der Waals surface area contributed by atoms with Crippen molar-refractivity contribution in [3.63, 3.8) is 0 Å². The van der Waals surface area contributed by atoms with Crippen LogP contribution in [-0.4, -0.2) is 23.9 Å². The highest BCUT2D eigenvalue weighted by Crippen LogP contribution is 2.30. The number of hydrogen-bond acceptors (Lipinski definition) is 2. The minimum Gasteiger partial charge on any atom is -0.370 e. The van der Waals surface area contributed by atoms with Crippen LogP contribution in [0.25, 0.3) is 0 Å². The van der Waals surface area contributed by atoms with Gasteiger partial charge in [-0.15, -0.1) is 12.4 Å². The van der Waals surface area contributed by atoms with E-state index in [4.69, 9.17) is 5.73 Å². The van der Waals surface area contributed by atoms with Gasteiger partial charge in [0.2, 0.25) is 5.91 Å². The van der Waals surface area contributed by atoms with Gasteiger partial charge in [0, 0.05) is 12.5 Å². The zero-order chi connectivity index (χ0) is 12.8. The van der Waals surface area contributed by atoms with Gasteiger partial charge in [-0.1, -0.05) is 36.8 Å². The number of carbonyl (C=O) groups excluding carboxylic acids is 1. The Morgan fingerprint density at radius 1 is 1.26 bits per heavy atom. The van der Waals surface area contributed by atoms with Gasteiger partial charge in [-0.3, -0.25) is 9.69 Å². The summed E-state index contributed by atoms with van der Waals surface area (Å²) < 4.78 is 0. The van der Waals surface area contributed by atoms with Gasteiger partial charge in [-0.2, -0.15) is 0 Å². The molecule has 1 heterocycles. The molecule has 2 rings (SSSR count). The highest BCUT2D eigenvalue weighted by atomic mass is 35.5. The van der Waals surface area contributed by atoms with E-state index in [0.29, 0.717) is 12.5 Å². The first kappa shape index (κ1) is 16.0. The molecule has 3 nitrogen and oxygen atoms in total. The van der Waals surface area contributed by atoms with Crippen molar-refractivity contribution in [1.82, 2.24) is 4.90 Å². The summed E-state index contributed by atoms with van der Waals surface area (Å²) in [6.07, 6.45) is 5.16. The van der Waals surface area contributed by atoms with E-state index in [9.17, 15) is 4.79 Å². The molecular formula is C15H23ClN2O. The lowest BCUT2D eigenvalue weighted by molar-refractivity contribution is -0.118. The zero-order valence-corrected chi connectivity index (χ0v) is 12.1. The van der Waals surface area contributed by atoms with Crippen LogP contribution in [0.4, 0.5) is 0 Å². The molecule has 1 saturated heterocycles. The minimum absolute atomic E-state index is 0. The van der Waals surface area contributed by atoms with Crippen molar-refractivity contribution >= 4 is 18.3 Å². The molecule has 0 bridgehead atoms. The SMILES string of the molecule is Cl.NC(=O)CCCN1CCCCC1c1ccccc1. The number of rotatable bonds is 5. The Morgan fingerprint density at radius 2 is 2.00 bits per heavy atom. The number of likely N-dealkylation sites (tertiary alicyclic amines) is 1. The van der Waals surface area contributed by atoms with Gasteiger partial charge in [0.05, 0.1) is 0 Å². The van der Waals surface area contributed by atoms with E-state index in [0.717, 1.165) is 19.5 Å². The molecule has 1 aromatic rings. The Kier molecular flexibility index (Phi) is 6.89. The number of amides is 1. The largest absolute Gasteiger partial charge is 0.370 e. The summed E-state index contributed by atoms with van der Waals surface area (Å²) in [6.45, 7) is 2.11. The molecule has 0 aromatic heterocycles. The Hall–Kier alpha value is -1.06. The van der Waals surface area contributed by atoms with E-state index >= 15 is 0 Å². The summed E-state index contributed by atoms with van der Waals surface area (Å²) in [7, 11) is 0. The lowest BCUT2D eigenvalue weighted by atomic mass is 9.95. The fraction of sp³-hybridized carbons (Fsp3) is 0.533. The van der Waals surface area contributed by atoms with Gasteiger partial charge < -0.3 is 5.73 Å². The average Bonchev–Trinajstić information content (AvgIpc) is 2.40. The number of primary amides is 1. The second-order valence-corrected chi connectivity index (χ2v) is 5.03. The Labute approximate surface area is 121 Å². The van der Waals surface area contributed by atoms with Gasteiger partial charge in [-0.05, 0) is 37.9 Å². The van der Waals surface area contributed by atoms with Crippen LogP contribution in [0.1, 0.15) is 43.7 Å². The van der Waals surface area contributed by atoms with Crippen LogP contribution < -0.4 is 5.73 Å². The summed E-state index contributed by atoms with van der Waals surface area (Å²) in [4.78, 5) is 13.3. The Morgan fingerprint density at radius 3 is 2.68 bits per heavy atom. The fourth-order valence-electron chi connectivity index (χ4n) is 2.77. The number of carbonyl (C=O) groups is 1. The topological polar surface area (TPSA) is 46.3 Å². The molecular weight excluding hydrogens is 260 g/mol. The molecule has 1 aromatic carbocycles. The van der Waals surface area contributed by atoms with Crippen molar-refractivity contribution in [2.75, 3.05) is 13.1 Å². The summed E-state index contributed by atoms with van der Waals surface area (Å²) in [5.74, 6) is -0.191. The van der Waals surface area contributed by atoms with Crippen LogP contribution in [0, 0.1) is 0 Å². The maximum Gasteiger partial charge on any atom is 0.217 e. The van der Waals surface area contributed by atoms with Gasteiger partial charge in [-0.25, -0.2) is 0 Å². The van der Waals surface area contributed by atoms with Gasteiger partial charge in [0.15, 0.2) is 0 Å². The molecule has 1 amide bonds. The summed E-state index contributed by atoms with van der Waals surface area (Å²) in [5.41, 5.74) is 6.60. The number of hydrogen-bond donors (Lipinski definition) is 1. The smallest absolute Gasteiger partial charge is 0.217 e. The van der Waals surface area contributed by atoms with Crippen molar-refractivity contribution < 1.29 is 4.79 Å². The first-order valence-electron chi connectivity index (χ1n) is 6.84. The zero-order valence-electron chi connectivity index (χ0n) is 11.3. The van der Waals surface area contributed by atoms with Crippen molar-refractivity contribution in [3.05, 3.63) is 35.9 Å². The van der Waals surface area contributed by atoms with Gasteiger partial charge in [0.25, 0.3) is 0 Å². The van der Waals surface area contributed by atoms with E-state index < -0.39 is 0 Å². The lowest BCUT2D eigenvalue weighted by Gasteiger charge is -2.36. The number of nitrogens with zero attached hydrogens (tertiary/aromatic N) is 1. The summed E-state index contributed by atoms with van der Waals surface area (Å²) in [5, 5.41) is 0. The van der Waals surface area contributed by atoms with E-state index in [2.05, 4.69) is 35.2 Å². The number of nitrogens with two attached hydrogens (primary N) is 1. The molecule has 19 heavy (non-hydrogen) atoms. The molecule has 0 saturated carbocycles. The van der Waals surface area contributed by atoms with Crippen LogP contribution in [0.15, 0.2) is 30.3 Å². The van der Waals surface area contributed by atoms with Crippen molar-refractivity contribution in [2.24, 2.45) is 5.73 Å². The fourth-order valence-corrected chi connectivity index (χ4v) is 2.77. The molecule has 1 aliphatic heterocycles.